The lowest BCUT2D eigenvalue weighted by Gasteiger charge is -2.21. The summed E-state index contributed by atoms with van der Waals surface area (Å²) in [4.78, 5) is 0. The van der Waals surface area contributed by atoms with E-state index in [0.717, 1.165) is 0 Å². The van der Waals surface area contributed by atoms with Crippen LogP contribution in [0.25, 0.3) is 124 Å². The van der Waals surface area contributed by atoms with Crippen molar-refractivity contribution >= 4 is 115 Å². The van der Waals surface area contributed by atoms with Gasteiger partial charge in [0.15, 0.2) is 0 Å². The Morgan fingerprint density at radius 3 is 1.68 bits per heavy atom. The highest BCUT2D eigenvalue weighted by Crippen LogP contribution is 2.47. The molecule has 1 aliphatic rings. The summed E-state index contributed by atoms with van der Waals surface area (Å²) in [6.07, 6.45) is 0. The third-order valence-corrected chi connectivity index (χ3v) is 19.0. The Morgan fingerprint density at radius 2 is 0.937 bits per heavy atom. The van der Waals surface area contributed by atoms with Crippen LogP contribution in [0, 0.1) is 0 Å². The topological polar surface area (TPSA) is 4.93 Å². The van der Waals surface area contributed by atoms with Crippen molar-refractivity contribution in [2.75, 3.05) is 0 Å². The first-order chi connectivity index (χ1) is 31.0. The van der Waals surface area contributed by atoms with E-state index in [1.807, 2.05) is 11.3 Å². The fourth-order valence-electron chi connectivity index (χ4n) is 11.4. The van der Waals surface area contributed by atoms with E-state index in [-0.39, 0.29) is 0 Å². The van der Waals surface area contributed by atoms with Gasteiger partial charge in [-0.1, -0.05) is 165 Å². The standard InChI is InChI=1S/C60H39NSSi/c1-63(2)57-32-39(27-29-44(57)52-34-50-42-18-12-13-23-53(42)61(54(50)35-58(52)63)40-15-4-3-5-16-40)60-47-21-10-8-19-45(47)59(46-20-9-11-22-48(46)60)38-26-28-43-51-33-49-37(30-56(51)62-55(43)31-38)25-24-36-14-6-7-17-41(36)49/h3-35H,1-2H3. The summed E-state index contributed by atoms with van der Waals surface area (Å²) in [5.74, 6) is 0. The summed E-state index contributed by atoms with van der Waals surface area (Å²) < 4.78 is 5.13. The number of hydrogen-bond acceptors (Lipinski definition) is 1. The predicted molar refractivity (Wildman–Crippen MR) is 277 cm³/mol. The zero-order chi connectivity index (χ0) is 41.6. The minimum absolute atomic E-state index is 1.20. The second kappa shape index (κ2) is 12.9. The van der Waals surface area contributed by atoms with E-state index in [1.165, 1.54) is 135 Å². The zero-order valence-electron chi connectivity index (χ0n) is 34.9. The maximum absolute atomic E-state index is 2.57. The number of benzene rings is 11. The molecule has 63 heavy (non-hydrogen) atoms. The van der Waals surface area contributed by atoms with Crippen LogP contribution in [0.4, 0.5) is 0 Å². The smallest absolute Gasteiger partial charge is 0.113 e. The quantitative estimate of drug-likeness (QED) is 0.0949. The van der Waals surface area contributed by atoms with Gasteiger partial charge < -0.3 is 4.57 Å². The molecular weight excluding hydrogens is 795 g/mol. The van der Waals surface area contributed by atoms with Gasteiger partial charge in [-0.2, -0.15) is 0 Å². The summed E-state index contributed by atoms with van der Waals surface area (Å²) in [6.45, 7) is 5.11. The third kappa shape index (κ3) is 4.92. The van der Waals surface area contributed by atoms with Crippen LogP contribution in [-0.4, -0.2) is 12.6 Å². The number of para-hydroxylation sites is 2. The molecule has 1 nitrogen and oxygen atoms in total. The summed E-state index contributed by atoms with van der Waals surface area (Å²) in [5.41, 5.74) is 11.7. The van der Waals surface area contributed by atoms with Crippen LogP contribution in [0.2, 0.25) is 13.1 Å². The molecule has 0 spiro atoms. The number of fused-ring (bicyclic) bond motifs is 14. The van der Waals surface area contributed by atoms with Crippen molar-refractivity contribution in [3.05, 3.63) is 200 Å². The maximum Gasteiger partial charge on any atom is 0.113 e. The lowest BCUT2D eigenvalue weighted by atomic mass is 9.85. The van der Waals surface area contributed by atoms with E-state index in [0.29, 0.717) is 0 Å². The molecule has 0 N–H and O–H groups in total. The Bertz CT molecular complexity index is 4060. The molecule has 0 bridgehead atoms. The molecule has 0 amide bonds. The maximum atomic E-state index is 2.57. The number of thiophene rings is 1. The predicted octanol–water partition coefficient (Wildman–Crippen LogP) is 15.9. The van der Waals surface area contributed by atoms with Gasteiger partial charge in [0.25, 0.3) is 0 Å². The molecule has 0 fully saturated rings. The highest BCUT2D eigenvalue weighted by Gasteiger charge is 2.39. The summed E-state index contributed by atoms with van der Waals surface area (Å²) in [5, 5.41) is 18.7. The molecule has 11 aromatic carbocycles. The van der Waals surface area contributed by atoms with Crippen molar-refractivity contribution in [3.63, 3.8) is 0 Å². The first-order valence-electron chi connectivity index (χ1n) is 22.0. The van der Waals surface area contributed by atoms with E-state index in [9.17, 15) is 0 Å². The van der Waals surface area contributed by atoms with Crippen molar-refractivity contribution in [2.45, 2.75) is 13.1 Å². The average molecular weight is 834 g/mol. The van der Waals surface area contributed by atoms with Gasteiger partial charge >= 0.3 is 0 Å². The van der Waals surface area contributed by atoms with Gasteiger partial charge in [0.2, 0.25) is 0 Å². The Kier molecular flexibility index (Phi) is 7.21. The van der Waals surface area contributed by atoms with Gasteiger partial charge in [-0.15, -0.1) is 11.3 Å². The summed E-state index contributed by atoms with van der Waals surface area (Å²) >= 11 is 1.91. The first-order valence-corrected chi connectivity index (χ1v) is 25.8. The molecule has 294 valence electrons. The van der Waals surface area contributed by atoms with Crippen molar-refractivity contribution < 1.29 is 0 Å². The molecule has 13 aromatic rings. The second-order valence-electron chi connectivity index (χ2n) is 18.0. The molecule has 0 unspecified atom stereocenters. The van der Waals surface area contributed by atoms with Crippen molar-refractivity contribution in [3.8, 4) is 39.1 Å². The second-order valence-corrected chi connectivity index (χ2v) is 23.4. The van der Waals surface area contributed by atoms with Gasteiger partial charge in [0, 0.05) is 36.6 Å². The van der Waals surface area contributed by atoms with Crippen LogP contribution in [0.3, 0.4) is 0 Å². The number of aromatic nitrogens is 1. The van der Waals surface area contributed by atoms with E-state index >= 15 is 0 Å². The first kappa shape index (κ1) is 35.3. The highest BCUT2D eigenvalue weighted by molar-refractivity contribution is 7.26. The van der Waals surface area contributed by atoms with Crippen LogP contribution in [0.15, 0.2) is 200 Å². The Balaban J connectivity index is 0.947. The van der Waals surface area contributed by atoms with E-state index in [4.69, 9.17) is 0 Å². The molecule has 2 aromatic heterocycles. The molecule has 0 saturated heterocycles. The summed E-state index contributed by atoms with van der Waals surface area (Å²) in [7, 11) is -2.12. The largest absolute Gasteiger partial charge is 0.309 e. The van der Waals surface area contributed by atoms with E-state index in [2.05, 4.69) is 218 Å². The fourth-order valence-corrected chi connectivity index (χ4v) is 15.6. The molecule has 0 radical (unpaired) electrons. The fraction of sp³-hybridized carbons (Fsp3) is 0.0333. The Labute approximate surface area is 369 Å². The van der Waals surface area contributed by atoms with Crippen molar-refractivity contribution in [1.82, 2.24) is 4.57 Å². The van der Waals surface area contributed by atoms with E-state index < -0.39 is 8.07 Å². The normalized spacial score (nSPS) is 13.4. The van der Waals surface area contributed by atoms with Gasteiger partial charge in [0.1, 0.15) is 8.07 Å². The Morgan fingerprint density at radius 1 is 0.349 bits per heavy atom. The van der Waals surface area contributed by atoms with Gasteiger partial charge in [-0.3, -0.25) is 0 Å². The van der Waals surface area contributed by atoms with Crippen LogP contribution in [0.1, 0.15) is 0 Å². The monoisotopic (exact) mass is 833 g/mol. The van der Waals surface area contributed by atoms with Crippen molar-refractivity contribution in [1.29, 1.82) is 0 Å². The van der Waals surface area contributed by atoms with Crippen LogP contribution in [0.5, 0.6) is 0 Å². The van der Waals surface area contributed by atoms with Crippen molar-refractivity contribution in [2.24, 2.45) is 0 Å². The number of nitrogens with zero attached hydrogens (tertiary/aromatic N) is 1. The number of rotatable bonds is 3. The molecule has 3 heteroatoms. The molecule has 0 aliphatic carbocycles. The Hall–Kier alpha value is -7.30. The molecule has 3 heterocycles. The van der Waals surface area contributed by atoms with Crippen LogP contribution in [-0.2, 0) is 0 Å². The summed E-state index contributed by atoms with van der Waals surface area (Å²) in [6, 6.07) is 75.7. The highest BCUT2D eigenvalue weighted by atomic mass is 32.1. The van der Waals surface area contributed by atoms with Crippen LogP contribution >= 0.6 is 11.3 Å². The lowest BCUT2D eigenvalue weighted by molar-refractivity contribution is 1.18. The molecule has 0 atom stereocenters. The molecule has 0 saturated carbocycles. The SMILES string of the molecule is C[Si]1(C)c2cc(-c3c4ccccc4c(-c4ccc5c(c4)sc4cc6ccc7ccccc7c6cc45)c4ccccc34)ccc2-c2cc3c4ccccc4n(-c4ccccc4)c3cc21. The average Bonchev–Trinajstić information content (AvgIpc) is 3.93. The van der Waals surface area contributed by atoms with Crippen LogP contribution < -0.4 is 10.4 Å². The molecular formula is C60H39NSSi. The number of hydrogen-bond donors (Lipinski definition) is 0. The lowest BCUT2D eigenvalue weighted by Crippen LogP contribution is -2.49. The zero-order valence-corrected chi connectivity index (χ0v) is 36.7. The van der Waals surface area contributed by atoms with E-state index in [1.54, 1.807) is 0 Å². The minimum Gasteiger partial charge on any atom is -0.309 e. The third-order valence-electron chi connectivity index (χ3n) is 14.3. The van der Waals surface area contributed by atoms with Gasteiger partial charge in [0.05, 0.1) is 11.0 Å². The molecule has 1 aliphatic heterocycles. The van der Waals surface area contributed by atoms with Gasteiger partial charge in [-0.05, 0) is 135 Å². The molecule has 14 rings (SSSR count). The minimum atomic E-state index is -2.12. The van der Waals surface area contributed by atoms with Gasteiger partial charge in [-0.25, -0.2) is 0 Å².